The van der Waals surface area contributed by atoms with Crippen LogP contribution >= 0.6 is 0 Å². The Balaban J connectivity index is 1.64. The number of nitrogens with one attached hydrogen (secondary N) is 4. The maximum absolute atomic E-state index is 12.8. The van der Waals surface area contributed by atoms with E-state index in [9.17, 15) is 14.4 Å². The van der Waals surface area contributed by atoms with Crippen molar-refractivity contribution in [2.24, 2.45) is 5.92 Å². The topological polar surface area (TPSA) is 197 Å². The summed E-state index contributed by atoms with van der Waals surface area (Å²) in [5, 5.41) is 28.7. The Bertz CT molecular complexity index is 1480. The summed E-state index contributed by atoms with van der Waals surface area (Å²) in [7, 11) is 18.0. The second kappa shape index (κ2) is 11.9. The predicted octanol–water partition coefficient (Wildman–Crippen LogP) is 0.00378. The highest BCUT2D eigenvalue weighted by Crippen LogP contribution is 2.38. The maximum atomic E-state index is 12.8. The van der Waals surface area contributed by atoms with Crippen LogP contribution in [0.25, 0.3) is 11.5 Å². The first-order valence-corrected chi connectivity index (χ1v) is 11.9. The van der Waals surface area contributed by atoms with Crippen LogP contribution in [-0.2, 0) is 16.1 Å². The Morgan fingerprint density at radius 1 is 1.20 bits per heavy atom. The Kier molecular flexibility index (Phi) is 8.37. The van der Waals surface area contributed by atoms with E-state index in [0.717, 1.165) is 12.8 Å². The van der Waals surface area contributed by atoms with Gasteiger partial charge in [0, 0.05) is 12.0 Å². The van der Waals surface area contributed by atoms with Gasteiger partial charge in [-0.05, 0) is 25.0 Å². The largest absolute Gasteiger partial charge is 0.494 e. The Hall–Kier alpha value is -4.87. The van der Waals surface area contributed by atoms with Crippen LogP contribution in [0, 0.1) is 17.2 Å². The van der Waals surface area contributed by atoms with Crippen molar-refractivity contribution >= 4 is 58.5 Å². The summed E-state index contributed by atoms with van der Waals surface area (Å²) in [5.41, 5.74) is 0.623. The zero-order valence-electron chi connectivity index (χ0n) is 21.2. The number of anilines is 3. The summed E-state index contributed by atoms with van der Waals surface area (Å²) in [6.07, 6.45) is 1.26. The molecule has 17 heteroatoms. The number of ether oxygens (including phenoxy) is 1. The average molecular weight is 535 g/mol. The molecule has 196 valence electrons. The second-order valence-corrected chi connectivity index (χ2v) is 8.78. The average Bonchev–Trinajstić information content (AvgIpc) is 3.64. The van der Waals surface area contributed by atoms with Crippen LogP contribution in [0.5, 0.6) is 5.75 Å². The lowest BCUT2D eigenvalue weighted by Gasteiger charge is -2.23. The lowest BCUT2D eigenvalue weighted by molar-refractivity contribution is -0.120. The molecule has 6 radical (unpaired) electrons. The standard InChI is InChI=1S/C23H20B3N9O5/c1-39-19-12(22-31-16(35-40-22)10-28-17(36)7-8-27)3-2-4-13(19)29-14-9-15(30-20(37)11-5-6-11)33-34-18(14)21(38)32-23(24,25)26/h2-4,9,11H,5-7,10H2,1H3,(H,28,36)(H,32,38)(H2,29,30,33,37). The summed E-state index contributed by atoms with van der Waals surface area (Å²) in [6.45, 7) is -0.0499. The third-order valence-corrected chi connectivity index (χ3v) is 5.41. The monoisotopic (exact) mass is 535 g/mol. The van der Waals surface area contributed by atoms with Crippen molar-refractivity contribution < 1.29 is 23.6 Å². The third-order valence-electron chi connectivity index (χ3n) is 5.41. The van der Waals surface area contributed by atoms with E-state index in [1.165, 1.54) is 13.2 Å². The fraction of sp³-hybridized carbons (Fsp3) is 0.304. The maximum Gasteiger partial charge on any atom is 0.272 e. The van der Waals surface area contributed by atoms with E-state index in [1.807, 2.05) is 0 Å². The van der Waals surface area contributed by atoms with Gasteiger partial charge in [0.2, 0.25) is 11.8 Å². The highest BCUT2D eigenvalue weighted by molar-refractivity contribution is 6.60. The van der Waals surface area contributed by atoms with Gasteiger partial charge in [-0.2, -0.15) is 10.2 Å². The van der Waals surface area contributed by atoms with E-state index in [0.29, 0.717) is 11.3 Å². The van der Waals surface area contributed by atoms with Crippen LogP contribution in [0.2, 0.25) is 0 Å². The molecular formula is C23H20B3N9O5. The number of hydrogen-bond acceptors (Lipinski definition) is 11. The number of carbonyl (C=O) groups is 3. The molecule has 1 fully saturated rings. The van der Waals surface area contributed by atoms with Crippen LogP contribution in [0.3, 0.4) is 0 Å². The SMILES string of the molecule is [B]C([B])([B])NC(=O)c1nnc(NC(=O)C2CC2)cc1Nc1cccc(-c2nc(CNC(=O)CC#N)no2)c1OC. The van der Waals surface area contributed by atoms with Crippen LogP contribution < -0.4 is 26.0 Å². The molecule has 40 heavy (non-hydrogen) atoms. The van der Waals surface area contributed by atoms with Crippen LogP contribution in [-0.4, -0.2) is 73.9 Å². The van der Waals surface area contributed by atoms with Gasteiger partial charge in [0.25, 0.3) is 11.8 Å². The van der Waals surface area contributed by atoms with Crippen molar-refractivity contribution in [3.05, 3.63) is 35.8 Å². The van der Waals surface area contributed by atoms with Crippen molar-refractivity contribution in [1.82, 2.24) is 31.0 Å². The summed E-state index contributed by atoms with van der Waals surface area (Å²) < 4.78 is 10.9. The van der Waals surface area contributed by atoms with Crippen molar-refractivity contribution in [2.45, 2.75) is 31.0 Å². The molecule has 2 aromatic heterocycles. The van der Waals surface area contributed by atoms with E-state index in [-0.39, 0.29) is 59.5 Å². The lowest BCUT2D eigenvalue weighted by atomic mass is 9.49. The Labute approximate surface area is 232 Å². The molecule has 0 unspecified atom stereocenters. The van der Waals surface area contributed by atoms with Crippen molar-refractivity contribution in [3.8, 4) is 23.3 Å². The van der Waals surface area contributed by atoms with Crippen molar-refractivity contribution in [3.63, 3.8) is 0 Å². The van der Waals surface area contributed by atoms with Gasteiger partial charge < -0.3 is 30.5 Å². The first-order chi connectivity index (χ1) is 19.1. The number of hydrogen-bond donors (Lipinski definition) is 4. The van der Waals surface area contributed by atoms with Gasteiger partial charge in [-0.15, -0.1) is 10.2 Å². The van der Waals surface area contributed by atoms with E-state index in [2.05, 4.69) is 41.6 Å². The molecule has 0 atom stereocenters. The lowest BCUT2D eigenvalue weighted by Crippen LogP contribution is -2.50. The highest BCUT2D eigenvalue weighted by atomic mass is 16.5. The minimum Gasteiger partial charge on any atom is -0.494 e. The summed E-state index contributed by atoms with van der Waals surface area (Å²) in [5.74, 6) is -1.02. The van der Waals surface area contributed by atoms with Gasteiger partial charge in [0.15, 0.2) is 23.1 Å². The minimum atomic E-state index is -2.03. The van der Waals surface area contributed by atoms with Crippen LogP contribution in [0.15, 0.2) is 28.8 Å². The molecule has 1 saturated carbocycles. The molecule has 0 aliphatic heterocycles. The molecule has 3 aromatic rings. The van der Waals surface area contributed by atoms with Gasteiger partial charge in [0.05, 0.1) is 60.2 Å². The van der Waals surface area contributed by atoms with Gasteiger partial charge in [-0.25, -0.2) is 0 Å². The van der Waals surface area contributed by atoms with Crippen LogP contribution in [0.4, 0.5) is 17.2 Å². The number of methoxy groups -OCH3 is 1. The van der Waals surface area contributed by atoms with Crippen molar-refractivity contribution in [1.29, 1.82) is 5.26 Å². The number of para-hydroxylation sites is 1. The molecule has 4 rings (SSSR count). The van der Waals surface area contributed by atoms with E-state index in [4.69, 9.17) is 38.1 Å². The quantitative estimate of drug-likeness (QED) is 0.241. The van der Waals surface area contributed by atoms with Gasteiger partial charge in [0.1, 0.15) is 6.42 Å². The number of benzene rings is 1. The summed E-state index contributed by atoms with van der Waals surface area (Å²) in [4.78, 5) is 40.9. The summed E-state index contributed by atoms with van der Waals surface area (Å²) in [6, 6.07) is 8.11. The van der Waals surface area contributed by atoms with Crippen molar-refractivity contribution in [2.75, 3.05) is 17.7 Å². The fourth-order valence-electron chi connectivity index (χ4n) is 3.46. The van der Waals surface area contributed by atoms with Gasteiger partial charge in [-0.1, -0.05) is 16.5 Å². The normalized spacial score (nSPS) is 12.6. The first kappa shape index (κ1) is 28.2. The number of aromatic nitrogens is 4. The molecule has 2 heterocycles. The predicted molar refractivity (Wildman–Crippen MR) is 142 cm³/mol. The number of amides is 3. The molecule has 1 aliphatic rings. The molecule has 14 nitrogen and oxygen atoms in total. The molecule has 4 N–H and O–H groups in total. The van der Waals surface area contributed by atoms with E-state index in [1.54, 1.807) is 24.3 Å². The smallest absolute Gasteiger partial charge is 0.272 e. The molecule has 1 aromatic carbocycles. The zero-order valence-corrected chi connectivity index (χ0v) is 21.2. The van der Waals surface area contributed by atoms with Gasteiger partial charge in [-0.3, -0.25) is 14.4 Å². The van der Waals surface area contributed by atoms with Crippen LogP contribution in [0.1, 0.15) is 35.6 Å². The molecule has 3 amide bonds. The molecule has 0 saturated heterocycles. The van der Waals surface area contributed by atoms with E-state index < -0.39 is 17.1 Å². The molecule has 0 spiro atoms. The number of nitriles is 1. The Morgan fingerprint density at radius 3 is 2.65 bits per heavy atom. The first-order valence-electron chi connectivity index (χ1n) is 11.9. The number of nitrogens with zero attached hydrogens (tertiary/aromatic N) is 5. The zero-order chi connectivity index (χ0) is 28.9. The van der Waals surface area contributed by atoms with E-state index >= 15 is 0 Å². The third kappa shape index (κ3) is 7.16. The minimum absolute atomic E-state index is 0.0499. The molecular weight excluding hydrogens is 515 g/mol. The number of carbonyl (C=O) groups excluding carboxylic acids is 3. The number of rotatable bonds is 11. The summed E-state index contributed by atoms with van der Waals surface area (Å²) >= 11 is 0. The Morgan fingerprint density at radius 2 is 1.98 bits per heavy atom. The second-order valence-electron chi connectivity index (χ2n) is 8.78. The fourth-order valence-corrected chi connectivity index (χ4v) is 3.46. The molecule has 0 bridgehead atoms. The van der Waals surface area contributed by atoms with Gasteiger partial charge >= 0.3 is 0 Å². The molecule has 1 aliphatic carbocycles. The highest BCUT2D eigenvalue weighted by Gasteiger charge is 2.30.